The van der Waals surface area contributed by atoms with Crippen molar-refractivity contribution in [2.75, 3.05) is 0 Å². The predicted molar refractivity (Wildman–Crippen MR) is 39.6 cm³/mol. The third kappa shape index (κ3) is 4.25. The lowest BCUT2D eigenvalue weighted by atomic mass is 10.3. The van der Waals surface area contributed by atoms with Gasteiger partial charge in [-0.25, -0.2) is 0 Å². The Labute approximate surface area is 64.0 Å². The quantitative estimate of drug-likeness (QED) is 0.349. The van der Waals surface area contributed by atoms with E-state index in [0.29, 0.717) is 11.9 Å². The molecule has 0 saturated carbocycles. The van der Waals surface area contributed by atoms with Gasteiger partial charge in [-0.05, 0) is 18.6 Å². The molecule has 0 aliphatic heterocycles. The number of rotatable bonds is 2. The third-order valence-electron chi connectivity index (χ3n) is 0.723. The molecule has 1 nitrogen and oxygen atoms in total. The van der Waals surface area contributed by atoms with Gasteiger partial charge in [0.2, 0.25) is 0 Å². The van der Waals surface area contributed by atoms with Crippen LogP contribution in [0.5, 0.6) is 0 Å². The van der Waals surface area contributed by atoms with Gasteiger partial charge in [0.15, 0.2) is 0 Å². The molecule has 3 heteroatoms. The van der Waals surface area contributed by atoms with Gasteiger partial charge in [-0.2, -0.15) is 0 Å². The molecule has 0 bridgehead atoms. The highest BCUT2D eigenvalue weighted by Crippen LogP contribution is 2.13. The Morgan fingerprint density at radius 2 is 2.00 bits per heavy atom. The standard InChI is InChI=1S/C6H6Cl2O/c1-5(6(7)8)3-2-4-9/h2-4H,1H3/b3-2+. The van der Waals surface area contributed by atoms with Crippen LogP contribution in [0.4, 0.5) is 0 Å². The molecule has 0 radical (unpaired) electrons. The zero-order chi connectivity index (χ0) is 7.28. The summed E-state index contributed by atoms with van der Waals surface area (Å²) in [7, 11) is 0. The first-order chi connectivity index (χ1) is 4.18. The van der Waals surface area contributed by atoms with Crippen LogP contribution in [0.25, 0.3) is 0 Å². The van der Waals surface area contributed by atoms with Gasteiger partial charge in [0.1, 0.15) is 10.8 Å². The van der Waals surface area contributed by atoms with E-state index in [4.69, 9.17) is 23.2 Å². The Hall–Kier alpha value is -0.270. The molecule has 0 rings (SSSR count). The Morgan fingerprint density at radius 1 is 1.44 bits per heavy atom. The van der Waals surface area contributed by atoms with Gasteiger partial charge in [-0.15, -0.1) is 0 Å². The van der Waals surface area contributed by atoms with Crippen molar-refractivity contribution in [3.05, 3.63) is 22.2 Å². The van der Waals surface area contributed by atoms with E-state index in [1.807, 2.05) is 0 Å². The lowest BCUT2D eigenvalue weighted by molar-refractivity contribution is -0.104. The third-order valence-corrected chi connectivity index (χ3v) is 1.32. The Morgan fingerprint density at radius 3 is 2.33 bits per heavy atom. The summed E-state index contributed by atoms with van der Waals surface area (Å²) in [4.78, 5) is 9.74. The highest BCUT2D eigenvalue weighted by molar-refractivity contribution is 6.56. The van der Waals surface area contributed by atoms with Gasteiger partial charge in [0, 0.05) is 0 Å². The molecule has 0 N–H and O–H groups in total. The predicted octanol–water partition coefficient (Wildman–Crippen LogP) is 2.45. The number of aldehydes is 1. The zero-order valence-electron chi connectivity index (χ0n) is 4.90. The number of carbonyl (C=O) groups excluding carboxylic acids is 1. The molecule has 50 valence electrons. The fraction of sp³-hybridized carbons (Fsp3) is 0.167. The molecule has 0 atom stereocenters. The van der Waals surface area contributed by atoms with Crippen molar-refractivity contribution in [2.45, 2.75) is 6.92 Å². The second-order valence-corrected chi connectivity index (χ2v) is 2.39. The first-order valence-corrected chi connectivity index (χ1v) is 3.07. The van der Waals surface area contributed by atoms with Crippen molar-refractivity contribution in [1.82, 2.24) is 0 Å². The average molecular weight is 165 g/mol. The maximum absolute atomic E-state index is 9.74. The Kier molecular flexibility index (Phi) is 4.46. The number of allylic oxidation sites excluding steroid dienone is 3. The minimum atomic E-state index is 0.188. The van der Waals surface area contributed by atoms with Gasteiger partial charge >= 0.3 is 0 Å². The van der Waals surface area contributed by atoms with Crippen molar-refractivity contribution < 1.29 is 4.79 Å². The molecule has 0 saturated heterocycles. The first-order valence-electron chi connectivity index (χ1n) is 2.32. The lowest BCUT2D eigenvalue weighted by Gasteiger charge is -1.86. The van der Waals surface area contributed by atoms with E-state index in [0.717, 1.165) is 0 Å². The summed E-state index contributed by atoms with van der Waals surface area (Å²) in [5, 5.41) is 0. The van der Waals surface area contributed by atoms with Crippen LogP contribution < -0.4 is 0 Å². The molecule has 0 unspecified atom stereocenters. The largest absolute Gasteiger partial charge is 0.299 e. The fourth-order valence-corrected chi connectivity index (χ4v) is 0.373. The summed E-state index contributed by atoms with van der Waals surface area (Å²) < 4.78 is 0.188. The topological polar surface area (TPSA) is 17.1 Å². The molecule has 0 spiro atoms. The summed E-state index contributed by atoms with van der Waals surface area (Å²) in [6, 6.07) is 0. The van der Waals surface area contributed by atoms with E-state index in [1.165, 1.54) is 6.08 Å². The van der Waals surface area contributed by atoms with E-state index in [1.54, 1.807) is 13.0 Å². The highest BCUT2D eigenvalue weighted by atomic mass is 35.5. The monoisotopic (exact) mass is 164 g/mol. The molecule has 0 aromatic heterocycles. The van der Waals surface area contributed by atoms with Crippen LogP contribution in [0.15, 0.2) is 22.2 Å². The lowest BCUT2D eigenvalue weighted by Crippen LogP contribution is -1.68. The Bertz CT molecular complexity index is 154. The molecule has 0 fully saturated rings. The molecule has 0 amide bonds. The van der Waals surface area contributed by atoms with E-state index < -0.39 is 0 Å². The molecule has 0 aromatic rings. The van der Waals surface area contributed by atoms with Gasteiger partial charge in [0.25, 0.3) is 0 Å². The van der Waals surface area contributed by atoms with Crippen LogP contribution in [0.3, 0.4) is 0 Å². The van der Waals surface area contributed by atoms with Crippen LogP contribution in [-0.4, -0.2) is 6.29 Å². The zero-order valence-corrected chi connectivity index (χ0v) is 6.41. The van der Waals surface area contributed by atoms with Crippen molar-refractivity contribution in [2.24, 2.45) is 0 Å². The summed E-state index contributed by atoms with van der Waals surface area (Å²) in [6.45, 7) is 1.72. The van der Waals surface area contributed by atoms with Crippen molar-refractivity contribution in [3.8, 4) is 0 Å². The first kappa shape index (κ1) is 8.73. The maximum Gasteiger partial charge on any atom is 0.142 e. The highest BCUT2D eigenvalue weighted by Gasteiger charge is 1.87. The smallest absolute Gasteiger partial charge is 0.142 e. The number of hydrogen-bond donors (Lipinski definition) is 0. The second-order valence-electron chi connectivity index (χ2n) is 1.44. The number of carbonyl (C=O) groups is 1. The number of halogens is 2. The van der Waals surface area contributed by atoms with Gasteiger partial charge in [-0.3, -0.25) is 4.79 Å². The molecule has 0 aliphatic carbocycles. The van der Waals surface area contributed by atoms with E-state index in [2.05, 4.69) is 0 Å². The van der Waals surface area contributed by atoms with Crippen molar-refractivity contribution in [1.29, 1.82) is 0 Å². The van der Waals surface area contributed by atoms with Crippen LogP contribution >= 0.6 is 23.2 Å². The van der Waals surface area contributed by atoms with Crippen LogP contribution in [0.2, 0.25) is 0 Å². The summed E-state index contributed by atoms with van der Waals surface area (Å²) >= 11 is 10.7. The summed E-state index contributed by atoms with van der Waals surface area (Å²) in [6.07, 6.45) is 3.54. The average Bonchev–Trinajstić information content (AvgIpc) is 1.82. The van der Waals surface area contributed by atoms with E-state index in [9.17, 15) is 4.79 Å². The SMILES string of the molecule is CC(/C=C/C=O)=C(Cl)Cl. The normalized spacial score (nSPS) is 9.67. The van der Waals surface area contributed by atoms with Crippen molar-refractivity contribution >= 4 is 29.5 Å². The van der Waals surface area contributed by atoms with Gasteiger partial charge < -0.3 is 0 Å². The molecule has 9 heavy (non-hydrogen) atoms. The molecular formula is C6H6Cl2O. The fourth-order valence-electron chi connectivity index (χ4n) is 0.247. The van der Waals surface area contributed by atoms with Crippen LogP contribution in [0, 0.1) is 0 Å². The van der Waals surface area contributed by atoms with Crippen LogP contribution in [-0.2, 0) is 4.79 Å². The molecule has 0 aliphatic rings. The summed E-state index contributed by atoms with van der Waals surface area (Å²) in [5.74, 6) is 0. The van der Waals surface area contributed by atoms with Gasteiger partial charge in [0.05, 0.1) is 0 Å². The van der Waals surface area contributed by atoms with E-state index >= 15 is 0 Å². The van der Waals surface area contributed by atoms with E-state index in [-0.39, 0.29) is 4.49 Å². The molecule has 0 aromatic carbocycles. The molecule has 0 heterocycles. The number of hydrogen-bond acceptors (Lipinski definition) is 1. The van der Waals surface area contributed by atoms with Gasteiger partial charge in [-0.1, -0.05) is 29.3 Å². The minimum absolute atomic E-state index is 0.188. The maximum atomic E-state index is 9.74. The second kappa shape index (κ2) is 4.59. The minimum Gasteiger partial charge on any atom is -0.299 e. The summed E-state index contributed by atoms with van der Waals surface area (Å²) in [5.41, 5.74) is 0.686. The molecular weight excluding hydrogens is 159 g/mol. The van der Waals surface area contributed by atoms with Crippen molar-refractivity contribution in [3.63, 3.8) is 0 Å². The van der Waals surface area contributed by atoms with Crippen LogP contribution in [0.1, 0.15) is 6.92 Å². The Balaban J connectivity index is 4.06.